The van der Waals surface area contributed by atoms with E-state index >= 15 is 0 Å². The predicted molar refractivity (Wildman–Crippen MR) is 75.5 cm³/mol. The third-order valence-electron chi connectivity index (χ3n) is 3.34. The molecule has 0 aliphatic heterocycles. The Kier molecular flexibility index (Phi) is 6.03. The summed E-state index contributed by atoms with van der Waals surface area (Å²) in [6.45, 7) is 3.97. The number of aliphatic carboxylic acids is 1. The van der Waals surface area contributed by atoms with Gasteiger partial charge in [0, 0.05) is 13.0 Å². The molecule has 5 heteroatoms. The monoisotopic (exact) mass is 279 g/mol. The number of benzene rings is 1. The van der Waals surface area contributed by atoms with E-state index in [2.05, 4.69) is 0 Å². The van der Waals surface area contributed by atoms with Crippen molar-refractivity contribution in [2.75, 3.05) is 20.2 Å². The zero-order valence-corrected chi connectivity index (χ0v) is 12.1. The summed E-state index contributed by atoms with van der Waals surface area (Å²) in [7, 11) is 1.65. The molecule has 0 aliphatic rings. The molecule has 0 saturated carbocycles. The normalized spacial score (nSPS) is 13.3. The lowest BCUT2D eigenvalue weighted by atomic mass is 9.95. The molecule has 20 heavy (non-hydrogen) atoms. The molecule has 1 amide bonds. The molecule has 2 atom stereocenters. The first-order valence-corrected chi connectivity index (χ1v) is 6.59. The van der Waals surface area contributed by atoms with Gasteiger partial charge in [0.15, 0.2) is 0 Å². The summed E-state index contributed by atoms with van der Waals surface area (Å²) in [6.07, 6.45) is 0. The molecule has 0 spiro atoms. The number of carbonyl (C=O) groups is 2. The van der Waals surface area contributed by atoms with Crippen LogP contribution in [-0.2, 0) is 9.59 Å². The summed E-state index contributed by atoms with van der Waals surface area (Å²) in [5.74, 6) is -1.63. The van der Waals surface area contributed by atoms with E-state index in [1.54, 1.807) is 20.9 Å². The SMILES string of the molecule is CC(C(=O)O)C(C)C(=O)N(C)CCOc1ccccc1. The molecular weight excluding hydrogens is 258 g/mol. The van der Waals surface area contributed by atoms with Crippen LogP contribution in [-0.4, -0.2) is 42.1 Å². The summed E-state index contributed by atoms with van der Waals surface area (Å²) in [6, 6.07) is 9.34. The number of carboxylic acids is 1. The Morgan fingerprint density at radius 1 is 1.20 bits per heavy atom. The minimum atomic E-state index is -0.959. The number of ether oxygens (including phenoxy) is 1. The van der Waals surface area contributed by atoms with Gasteiger partial charge in [-0.15, -0.1) is 0 Å². The van der Waals surface area contributed by atoms with Crippen molar-refractivity contribution < 1.29 is 19.4 Å². The largest absolute Gasteiger partial charge is 0.492 e. The molecule has 1 aromatic rings. The Balaban J connectivity index is 2.40. The summed E-state index contributed by atoms with van der Waals surface area (Å²) < 4.78 is 5.50. The fourth-order valence-electron chi connectivity index (χ4n) is 1.70. The van der Waals surface area contributed by atoms with E-state index in [1.165, 1.54) is 4.90 Å². The van der Waals surface area contributed by atoms with Gasteiger partial charge in [0.25, 0.3) is 0 Å². The van der Waals surface area contributed by atoms with Gasteiger partial charge in [-0.05, 0) is 12.1 Å². The van der Waals surface area contributed by atoms with Gasteiger partial charge in [-0.1, -0.05) is 32.0 Å². The van der Waals surface area contributed by atoms with Gasteiger partial charge in [-0.3, -0.25) is 9.59 Å². The van der Waals surface area contributed by atoms with Crippen LogP contribution >= 0.6 is 0 Å². The standard InChI is InChI=1S/C15H21NO4/c1-11(12(2)15(18)19)14(17)16(3)9-10-20-13-7-5-4-6-8-13/h4-8,11-12H,9-10H2,1-3H3,(H,18,19). The van der Waals surface area contributed by atoms with Crippen LogP contribution < -0.4 is 4.74 Å². The number of nitrogens with zero attached hydrogens (tertiary/aromatic N) is 1. The van der Waals surface area contributed by atoms with Crippen molar-refractivity contribution in [2.45, 2.75) is 13.8 Å². The maximum absolute atomic E-state index is 12.0. The quantitative estimate of drug-likeness (QED) is 0.827. The molecule has 0 aliphatic carbocycles. The Labute approximate surface area is 119 Å². The van der Waals surface area contributed by atoms with Crippen LogP contribution in [0.2, 0.25) is 0 Å². The predicted octanol–water partition coefficient (Wildman–Crippen LogP) is 1.88. The van der Waals surface area contributed by atoms with Gasteiger partial charge < -0.3 is 14.7 Å². The van der Waals surface area contributed by atoms with Crippen LogP contribution in [0, 0.1) is 11.8 Å². The van der Waals surface area contributed by atoms with Crippen molar-refractivity contribution >= 4 is 11.9 Å². The van der Waals surface area contributed by atoms with Crippen molar-refractivity contribution in [3.63, 3.8) is 0 Å². The van der Waals surface area contributed by atoms with Gasteiger partial charge in [0.1, 0.15) is 12.4 Å². The van der Waals surface area contributed by atoms with Crippen LogP contribution in [0.5, 0.6) is 5.75 Å². The summed E-state index contributed by atoms with van der Waals surface area (Å²) in [5, 5.41) is 8.91. The fourth-order valence-corrected chi connectivity index (χ4v) is 1.70. The maximum atomic E-state index is 12.0. The van der Waals surface area contributed by atoms with Crippen molar-refractivity contribution in [2.24, 2.45) is 11.8 Å². The van der Waals surface area contributed by atoms with E-state index in [9.17, 15) is 9.59 Å². The zero-order chi connectivity index (χ0) is 15.1. The van der Waals surface area contributed by atoms with Crippen molar-refractivity contribution in [1.82, 2.24) is 4.90 Å². The molecule has 0 saturated heterocycles. The number of carboxylic acid groups (broad SMARTS) is 1. The van der Waals surface area contributed by atoms with Crippen LogP contribution in [0.15, 0.2) is 30.3 Å². The molecule has 1 N–H and O–H groups in total. The highest BCUT2D eigenvalue weighted by Crippen LogP contribution is 2.14. The molecule has 0 radical (unpaired) electrons. The molecule has 110 valence electrons. The second-order valence-electron chi connectivity index (χ2n) is 4.84. The number of hydrogen-bond acceptors (Lipinski definition) is 3. The topological polar surface area (TPSA) is 66.8 Å². The summed E-state index contributed by atoms with van der Waals surface area (Å²) >= 11 is 0. The number of para-hydroxylation sites is 1. The fraction of sp³-hybridized carbons (Fsp3) is 0.467. The van der Waals surface area contributed by atoms with Crippen LogP contribution in [0.1, 0.15) is 13.8 Å². The number of hydrogen-bond donors (Lipinski definition) is 1. The summed E-state index contributed by atoms with van der Waals surface area (Å²) in [5.41, 5.74) is 0. The molecule has 1 aromatic carbocycles. The maximum Gasteiger partial charge on any atom is 0.307 e. The molecule has 0 aromatic heterocycles. The smallest absolute Gasteiger partial charge is 0.307 e. The van der Waals surface area contributed by atoms with E-state index in [0.29, 0.717) is 13.2 Å². The van der Waals surface area contributed by atoms with E-state index in [1.807, 2.05) is 30.3 Å². The van der Waals surface area contributed by atoms with Gasteiger partial charge in [0.05, 0.1) is 12.5 Å². The second kappa shape index (κ2) is 7.53. The van der Waals surface area contributed by atoms with E-state index < -0.39 is 17.8 Å². The lowest BCUT2D eigenvalue weighted by molar-refractivity contribution is -0.148. The Morgan fingerprint density at radius 3 is 2.35 bits per heavy atom. The Hall–Kier alpha value is -2.04. The van der Waals surface area contributed by atoms with E-state index in [-0.39, 0.29) is 5.91 Å². The second-order valence-corrected chi connectivity index (χ2v) is 4.84. The van der Waals surface area contributed by atoms with Gasteiger partial charge in [-0.2, -0.15) is 0 Å². The first kappa shape index (κ1) is 16.0. The van der Waals surface area contributed by atoms with Crippen LogP contribution in [0.3, 0.4) is 0 Å². The summed E-state index contributed by atoms with van der Waals surface area (Å²) in [4.78, 5) is 24.4. The Morgan fingerprint density at radius 2 is 1.80 bits per heavy atom. The molecule has 0 fully saturated rings. The lowest BCUT2D eigenvalue weighted by Crippen LogP contribution is -2.38. The van der Waals surface area contributed by atoms with Crippen LogP contribution in [0.25, 0.3) is 0 Å². The van der Waals surface area contributed by atoms with Crippen LogP contribution in [0.4, 0.5) is 0 Å². The van der Waals surface area contributed by atoms with E-state index in [4.69, 9.17) is 9.84 Å². The third-order valence-corrected chi connectivity index (χ3v) is 3.34. The molecule has 0 bridgehead atoms. The third kappa shape index (κ3) is 4.57. The highest BCUT2D eigenvalue weighted by Gasteiger charge is 2.27. The minimum Gasteiger partial charge on any atom is -0.492 e. The highest BCUT2D eigenvalue weighted by atomic mass is 16.5. The number of amides is 1. The number of rotatable bonds is 7. The van der Waals surface area contributed by atoms with Gasteiger partial charge in [0.2, 0.25) is 5.91 Å². The number of carbonyl (C=O) groups excluding carboxylic acids is 1. The minimum absolute atomic E-state index is 0.184. The van der Waals surface area contributed by atoms with Gasteiger partial charge >= 0.3 is 5.97 Å². The molecule has 2 unspecified atom stereocenters. The molecule has 1 rings (SSSR count). The Bertz CT molecular complexity index is 446. The average molecular weight is 279 g/mol. The lowest BCUT2D eigenvalue weighted by Gasteiger charge is -2.23. The van der Waals surface area contributed by atoms with Gasteiger partial charge in [-0.25, -0.2) is 0 Å². The van der Waals surface area contributed by atoms with Crippen molar-refractivity contribution in [3.8, 4) is 5.75 Å². The average Bonchev–Trinajstić information content (AvgIpc) is 2.45. The van der Waals surface area contributed by atoms with E-state index in [0.717, 1.165) is 5.75 Å². The van der Waals surface area contributed by atoms with Crippen molar-refractivity contribution in [3.05, 3.63) is 30.3 Å². The molecule has 0 heterocycles. The first-order chi connectivity index (χ1) is 9.43. The first-order valence-electron chi connectivity index (χ1n) is 6.59. The zero-order valence-electron chi connectivity index (χ0n) is 12.1. The molecule has 5 nitrogen and oxygen atoms in total. The van der Waals surface area contributed by atoms with Crippen molar-refractivity contribution in [1.29, 1.82) is 0 Å². The molecular formula is C15H21NO4. The number of likely N-dealkylation sites (N-methyl/N-ethyl adjacent to an activating group) is 1. The highest BCUT2D eigenvalue weighted by molar-refractivity contribution is 5.84.